The van der Waals surface area contributed by atoms with Crippen LogP contribution >= 0.6 is 0 Å². The molecule has 7 heteroatoms. The standard InChI is InChI=1S/C16H28N4O3/c1-5-16(3,20-6-8-22-9-7-20)12-17-15(21)19(4)11-14-10-13(2)23-18-14/h10H,5-9,11-12H2,1-4H3,(H,17,21)/t16-/m0/s1. The summed E-state index contributed by atoms with van der Waals surface area (Å²) < 4.78 is 10.4. The van der Waals surface area contributed by atoms with E-state index >= 15 is 0 Å². The Kier molecular flexibility index (Phi) is 6.01. The molecule has 7 nitrogen and oxygen atoms in total. The molecule has 1 aromatic heterocycles. The molecule has 1 fully saturated rings. The largest absolute Gasteiger partial charge is 0.379 e. The van der Waals surface area contributed by atoms with Gasteiger partial charge in [-0.15, -0.1) is 0 Å². The summed E-state index contributed by atoms with van der Waals surface area (Å²) in [6.45, 7) is 10.6. The number of hydrogen-bond acceptors (Lipinski definition) is 5. The molecule has 0 aromatic carbocycles. The predicted octanol–water partition coefficient (Wildman–Crippen LogP) is 1.63. The van der Waals surface area contributed by atoms with Crippen molar-refractivity contribution >= 4 is 6.03 Å². The van der Waals surface area contributed by atoms with Crippen LogP contribution in [0.3, 0.4) is 0 Å². The Balaban J connectivity index is 1.85. The third-order valence-electron chi connectivity index (χ3n) is 4.58. The SMILES string of the molecule is CC[C@@](C)(CNC(=O)N(C)Cc1cc(C)on1)N1CCOCC1. The summed E-state index contributed by atoms with van der Waals surface area (Å²) >= 11 is 0. The number of nitrogens with one attached hydrogen (secondary N) is 1. The van der Waals surface area contributed by atoms with Crippen LogP contribution in [0, 0.1) is 6.92 Å². The summed E-state index contributed by atoms with van der Waals surface area (Å²) in [5.41, 5.74) is 0.705. The monoisotopic (exact) mass is 324 g/mol. The molecular weight excluding hydrogens is 296 g/mol. The molecule has 0 unspecified atom stereocenters. The molecule has 1 atom stereocenters. The smallest absolute Gasteiger partial charge is 0.317 e. The maximum atomic E-state index is 12.3. The molecule has 0 bridgehead atoms. The lowest BCUT2D eigenvalue weighted by atomic mass is 9.95. The van der Waals surface area contributed by atoms with Crippen molar-refractivity contribution in [3.63, 3.8) is 0 Å². The van der Waals surface area contributed by atoms with E-state index in [1.54, 1.807) is 11.9 Å². The molecule has 0 aliphatic carbocycles. The Labute approximate surface area is 137 Å². The molecule has 1 saturated heterocycles. The molecule has 2 amide bonds. The predicted molar refractivity (Wildman–Crippen MR) is 87.2 cm³/mol. The molecule has 23 heavy (non-hydrogen) atoms. The molecular formula is C16H28N4O3. The van der Waals surface area contributed by atoms with E-state index in [0.717, 1.165) is 44.2 Å². The topological polar surface area (TPSA) is 70.8 Å². The first-order valence-electron chi connectivity index (χ1n) is 8.18. The summed E-state index contributed by atoms with van der Waals surface area (Å²) in [5.74, 6) is 0.750. The van der Waals surface area contributed by atoms with Gasteiger partial charge in [-0.2, -0.15) is 0 Å². The minimum absolute atomic E-state index is 0.0508. The van der Waals surface area contributed by atoms with Crippen LogP contribution in [-0.2, 0) is 11.3 Å². The fourth-order valence-electron chi connectivity index (χ4n) is 2.77. The van der Waals surface area contributed by atoms with Crippen molar-refractivity contribution in [1.29, 1.82) is 0 Å². The second-order valence-electron chi connectivity index (χ2n) is 6.39. The van der Waals surface area contributed by atoms with Gasteiger partial charge < -0.3 is 19.5 Å². The third-order valence-corrected chi connectivity index (χ3v) is 4.58. The zero-order chi connectivity index (χ0) is 16.9. The Morgan fingerprint density at radius 1 is 1.48 bits per heavy atom. The normalized spacial score (nSPS) is 18.4. The van der Waals surface area contributed by atoms with Gasteiger partial charge in [0.1, 0.15) is 11.5 Å². The number of carbonyl (C=O) groups excluding carboxylic acids is 1. The molecule has 0 spiro atoms. The fourth-order valence-corrected chi connectivity index (χ4v) is 2.77. The highest BCUT2D eigenvalue weighted by atomic mass is 16.5. The number of nitrogens with zero attached hydrogens (tertiary/aromatic N) is 3. The lowest BCUT2D eigenvalue weighted by Gasteiger charge is -2.43. The second-order valence-corrected chi connectivity index (χ2v) is 6.39. The average molecular weight is 324 g/mol. The summed E-state index contributed by atoms with van der Waals surface area (Å²) in [7, 11) is 1.76. The van der Waals surface area contributed by atoms with Crippen LogP contribution < -0.4 is 5.32 Å². The number of aryl methyl sites for hydroxylation is 1. The Morgan fingerprint density at radius 2 is 2.17 bits per heavy atom. The Hall–Kier alpha value is -1.60. The number of urea groups is 1. The van der Waals surface area contributed by atoms with Crippen molar-refractivity contribution in [2.24, 2.45) is 0 Å². The first-order valence-corrected chi connectivity index (χ1v) is 8.18. The van der Waals surface area contributed by atoms with E-state index in [9.17, 15) is 4.79 Å². The van der Waals surface area contributed by atoms with Gasteiger partial charge in [0.2, 0.25) is 0 Å². The van der Waals surface area contributed by atoms with Crippen LogP contribution in [0.15, 0.2) is 10.6 Å². The summed E-state index contributed by atoms with van der Waals surface area (Å²) in [5, 5.41) is 6.96. The zero-order valence-corrected chi connectivity index (χ0v) is 14.6. The number of hydrogen-bond donors (Lipinski definition) is 1. The Morgan fingerprint density at radius 3 is 2.74 bits per heavy atom. The van der Waals surface area contributed by atoms with Crippen LogP contribution in [0.2, 0.25) is 0 Å². The number of morpholine rings is 1. The maximum absolute atomic E-state index is 12.3. The van der Waals surface area contributed by atoms with Crippen molar-refractivity contribution in [3.05, 3.63) is 17.5 Å². The lowest BCUT2D eigenvalue weighted by Crippen LogP contribution is -2.57. The number of carbonyl (C=O) groups is 1. The Bertz CT molecular complexity index is 513. The van der Waals surface area contributed by atoms with Crippen LogP contribution in [0.25, 0.3) is 0 Å². The van der Waals surface area contributed by atoms with Gasteiger partial charge in [0.15, 0.2) is 0 Å². The van der Waals surface area contributed by atoms with Crippen molar-refractivity contribution in [1.82, 2.24) is 20.3 Å². The first-order chi connectivity index (χ1) is 10.9. The van der Waals surface area contributed by atoms with E-state index in [-0.39, 0.29) is 11.6 Å². The second kappa shape index (κ2) is 7.79. The van der Waals surface area contributed by atoms with Gasteiger partial charge >= 0.3 is 6.03 Å². The van der Waals surface area contributed by atoms with Crippen LogP contribution in [0.1, 0.15) is 31.7 Å². The summed E-state index contributed by atoms with van der Waals surface area (Å²) in [6, 6.07) is 1.74. The van der Waals surface area contributed by atoms with Gasteiger partial charge in [0.05, 0.1) is 19.8 Å². The van der Waals surface area contributed by atoms with Crippen LogP contribution in [0.5, 0.6) is 0 Å². The first kappa shape index (κ1) is 17.7. The van der Waals surface area contributed by atoms with E-state index in [2.05, 4.69) is 29.2 Å². The van der Waals surface area contributed by atoms with Gasteiger partial charge in [-0.3, -0.25) is 4.90 Å². The highest BCUT2D eigenvalue weighted by Crippen LogP contribution is 2.20. The lowest BCUT2D eigenvalue weighted by molar-refractivity contribution is -0.0167. The van der Waals surface area contributed by atoms with Crippen LogP contribution in [0.4, 0.5) is 4.79 Å². The number of aromatic nitrogens is 1. The number of ether oxygens (including phenoxy) is 1. The third kappa shape index (κ3) is 4.68. The molecule has 2 heterocycles. The minimum atomic E-state index is -0.0985. The van der Waals surface area contributed by atoms with Gasteiger partial charge in [-0.25, -0.2) is 4.79 Å². The maximum Gasteiger partial charge on any atom is 0.317 e. The van der Waals surface area contributed by atoms with Gasteiger partial charge in [0.25, 0.3) is 0 Å². The molecule has 1 N–H and O–H groups in total. The van der Waals surface area contributed by atoms with Crippen molar-refractivity contribution in [3.8, 4) is 0 Å². The van der Waals surface area contributed by atoms with E-state index in [1.807, 2.05) is 13.0 Å². The van der Waals surface area contributed by atoms with E-state index < -0.39 is 0 Å². The van der Waals surface area contributed by atoms with Crippen molar-refractivity contribution in [2.75, 3.05) is 39.9 Å². The van der Waals surface area contributed by atoms with Crippen LogP contribution in [-0.4, -0.2) is 66.4 Å². The average Bonchev–Trinajstić information content (AvgIpc) is 2.98. The number of amides is 2. The minimum Gasteiger partial charge on any atom is -0.379 e. The summed E-state index contributed by atoms with van der Waals surface area (Å²) in [6.07, 6.45) is 0.972. The molecule has 130 valence electrons. The quantitative estimate of drug-likeness (QED) is 0.861. The highest BCUT2D eigenvalue weighted by molar-refractivity contribution is 5.73. The van der Waals surface area contributed by atoms with Crippen molar-refractivity contribution < 1.29 is 14.1 Å². The molecule has 0 radical (unpaired) electrons. The van der Waals surface area contributed by atoms with E-state index in [4.69, 9.17) is 9.26 Å². The van der Waals surface area contributed by atoms with Gasteiger partial charge in [0, 0.05) is 38.3 Å². The highest BCUT2D eigenvalue weighted by Gasteiger charge is 2.32. The molecule has 1 aromatic rings. The number of rotatable bonds is 6. The molecule has 2 rings (SSSR count). The van der Waals surface area contributed by atoms with E-state index in [0.29, 0.717) is 13.1 Å². The molecule has 0 saturated carbocycles. The van der Waals surface area contributed by atoms with Crippen molar-refractivity contribution in [2.45, 2.75) is 39.3 Å². The van der Waals surface area contributed by atoms with E-state index in [1.165, 1.54) is 0 Å². The molecule has 1 aliphatic rings. The molecule has 1 aliphatic heterocycles. The van der Waals surface area contributed by atoms with Gasteiger partial charge in [-0.05, 0) is 20.3 Å². The summed E-state index contributed by atoms with van der Waals surface area (Å²) in [4.78, 5) is 16.3. The van der Waals surface area contributed by atoms with Gasteiger partial charge in [-0.1, -0.05) is 12.1 Å². The zero-order valence-electron chi connectivity index (χ0n) is 14.6. The fraction of sp³-hybridized carbons (Fsp3) is 0.750.